The molecule has 0 aromatic heterocycles. The Morgan fingerprint density at radius 3 is 2.41 bits per heavy atom. The zero-order chi connectivity index (χ0) is 23.0. The van der Waals surface area contributed by atoms with Crippen LogP contribution in [0.1, 0.15) is 48.0 Å². The number of aryl methyl sites for hydroxylation is 1. The molecule has 1 aliphatic heterocycles. The van der Waals surface area contributed by atoms with Gasteiger partial charge >= 0.3 is 0 Å². The number of hydrogen-bond donors (Lipinski definition) is 0. The van der Waals surface area contributed by atoms with Gasteiger partial charge in [0.05, 0.1) is 17.0 Å². The van der Waals surface area contributed by atoms with Gasteiger partial charge in [0.1, 0.15) is 11.1 Å². The fourth-order valence-corrected chi connectivity index (χ4v) is 4.66. The van der Waals surface area contributed by atoms with Gasteiger partial charge in [-0.1, -0.05) is 42.1 Å². The van der Waals surface area contributed by atoms with Crippen LogP contribution in [0, 0.1) is 17.0 Å². The van der Waals surface area contributed by atoms with Gasteiger partial charge in [0.2, 0.25) is 5.91 Å². The van der Waals surface area contributed by atoms with Crippen molar-refractivity contribution in [1.29, 1.82) is 0 Å². The molecule has 0 radical (unpaired) electrons. The van der Waals surface area contributed by atoms with E-state index in [1.54, 1.807) is 12.1 Å². The first-order valence-electron chi connectivity index (χ1n) is 10.5. The molecule has 1 saturated heterocycles. The number of carbonyl (C=O) groups excluding carboxylic acids is 3. The summed E-state index contributed by atoms with van der Waals surface area (Å²) in [5, 5.41) is 11.2. The predicted molar refractivity (Wildman–Crippen MR) is 119 cm³/mol. The number of benzene rings is 2. The summed E-state index contributed by atoms with van der Waals surface area (Å²) in [6, 6.07) is 9.73. The van der Waals surface area contributed by atoms with Gasteiger partial charge in [0.15, 0.2) is 0 Å². The highest BCUT2D eigenvalue weighted by atomic mass is 35.5. The second-order valence-corrected chi connectivity index (χ2v) is 8.60. The van der Waals surface area contributed by atoms with E-state index in [2.05, 4.69) is 0 Å². The molecule has 8 nitrogen and oxygen atoms in total. The zero-order valence-electron chi connectivity index (χ0n) is 17.5. The van der Waals surface area contributed by atoms with Gasteiger partial charge < -0.3 is 4.90 Å². The average molecular weight is 456 g/mol. The van der Waals surface area contributed by atoms with Crippen LogP contribution >= 0.6 is 11.6 Å². The second-order valence-electron chi connectivity index (χ2n) is 8.20. The molecule has 1 aliphatic carbocycles. The number of nitro benzene ring substituents is 1. The Morgan fingerprint density at radius 2 is 1.78 bits per heavy atom. The average Bonchev–Trinajstić information content (AvgIpc) is 3.38. The Morgan fingerprint density at radius 1 is 1.12 bits per heavy atom. The van der Waals surface area contributed by atoms with Crippen molar-refractivity contribution in [2.75, 3.05) is 4.90 Å². The third-order valence-corrected chi connectivity index (χ3v) is 6.41. The molecule has 3 amide bonds. The maximum absolute atomic E-state index is 13.5. The van der Waals surface area contributed by atoms with Crippen molar-refractivity contribution < 1.29 is 19.3 Å². The lowest BCUT2D eigenvalue weighted by molar-refractivity contribution is -0.384. The SMILES string of the molecule is Cc1ccc(N2C(=O)CC(N(C(=O)c3ccc(Cl)c([N+](=O)[O-])c3)C3CCCC3)C2=O)cc1. The number of imide groups is 1. The third-order valence-electron chi connectivity index (χ3n) is 6.09. The van der Waals surface area contributed by atoms with Crippen molar-refractivity contribution in [2.24, 2.45) is 0 Å². The van der Waals surface area contributed by atoms with Crippen LogP contribution in [0.4, 0.5) is 11.4 Å². The van der Waals surface area contributed by atoms with Gasteiger partial charge in [-0.3, -0.25) is 24.5 Å². The number of rotatable bonds is 5. The van der Waals surface area contributed by atoms with Crippen LogP contribution in [0.15, 0.2) is 42.5 Å². The van der Waals surface area contributed by atoms with Crippen LogP contribution in [0.2, 0.25) is 5.02 Å². The zero-order valence-corrected chi connectivity index (χ0v) is 18.2. The van der Waals surface area contributed by atoms with Gasteiger partial charge in [-0.15, -0.1) is 0 Å². The van der Waals surface area contributed by atoms with E-state index in [1.165, 1.54) is 17.0 Å². The first-order chi connectivity index (χ1) is 15.3. The first kappa shape index (κ1) is 22.0. The summed E-state index contributed by atoms with van der Waals surface area (Å²) in [5.41, 5.74) is 1.16. The number of amides is 3. The van der Waals surface area contributed by atoms with Crippen LogP contribution in [0.5, 0.6) is 0 Å². The number of halogens is 1. The summed E-state index contributed by atoms with van der Waals surface area (Å²) in [6.45, 7) is 1.91. The van der Waals surface area contributed by atoms with Gasteiger partial charge in [-0.05, 0) is 44.0 Å². The van der Waals surface area contributed by atoms with Crippen molar-refractivity contribution in [3.63, 3.8) is 0 Å². The minimum atomic E-state index is -0.950. The minimum Gasteiger partial charge on any atom is -0.323 e. The van der Waals surface area contributed by atoms with Gasteiger partial charge in [-0.2, -0.15) is 0 Å². The van der Waals surface area contributed by atoms with Crippen molar-refractivity contribution in [3.05, 3.63) is 68.7 Å². The lowest BCUT2D eigenvalue weighted by atomic mass is 10.1. The van der Waals surface area contributed by atoms with Crippen LogP contribution in [0.3, 0.4) is 0 Å². The van der Waals surface area contributed by atoms with Crippen molar-refractivity contribution in [2.45, 2.75) is 51.1 Å². The normalized spacial score (nSPS) is 18.9. The Kier molecular flexibility index (Phi) is 5.97. The summed E-state index contributed by atoms with van der Waals surface area (Å²) in [7, 11) is 0. The topological polar surface area (TPSA) is 101 Å². The van der Waals surface area contributed by atoms with E-state index in [-0.39, 0.29) is 34.6 Å². The summed E-state index contributed by atoms with van der Waals surface area (Å²) in [6.07, 6.45) is 3.12. The molecule has 2 aromatic carbocycles. The van der Waals surface area contributed by atoms with Crippen LogP contribution in [-0.4, -0.2) is 39.6 Å². The highest BCUT2D eigenvalue weighted by Crippen LogP contribution is 2.34. The molecule has 2 aliphatic rings. The number of anilines is 1. The van der Waals surface area contributed by atoms with Crippen molar-refractivity contribution in [1.82, 2.24) is 4.90 Å². The Bertz CT molecular complexity index is 1100. The van der Waals surface area contributed by atoms with E-state index in [9.17, 15) is 24.5 Å². The Hall–Kier alpha value is -3.26. The first-order valence-corrected chi connectivity index (χ1v) is 10.9. The third kappa shape index (κ3) is 3.98. The van der Waals surface area contributed by atoms with Crippen LogP contribution < -0.4 is 4.90 Å². The molecule has 0 N–H and O–H groups in total. The predicted octanol–water partition coefficient (Wildman–Crippen LogP) is 4.27. The summed E-state index contributed by atoms with van der Waals surface area (Å²) >= 11 is 5.90. The lowest BCUT2D eigenvalue weighted by Crippen LogP contribution is -2.50. The molecule has 2 aromatic rings. The minimum absolute atomic E-state index is 0.0713. The quantitative estimate of drug-likeness (QED) is 0.380. The molecule has 2 fully saturated rings. The van der Waals surface area contributed by atoms with Gasteiger partial charge in [0.25, 0.3) is 17.5 Å². The smallest absolute Gasteiger partial charge is 0.288 e. The number of nitro groups is 1. The van der Waals surface area contributed by atoms with Gasteiger partial charge in [-0.25, -0.2) is 4.90 Å². The molecule has 9 heteroatoms. The highest BCUT2D eigenvalue weighted by Gasteiger charge is 2.47. The molecule has 0 spiro atoms. The molecule has 1 saturated carbocycles. The van der Waals surface area contributed by atoms with E-state index in [4.69, 9.17) is 11.6 Å². The maximum atomic E-state index is 13.5. The van der Waals surface area contributed by atoms with Gasteiger partial charge in [0, 0.05) is 17.7 Å². The molecular weight excluding hydrogens is 434 g/mol. The molecule has 4 rings (SSSR count). The summed E-state index contributed by atoms with van der Waals surface area (Å²) in [5.74, 6) is -1.34. The fourth-order valence-electron chi connectivity index (χ4n) is 4.48. The standard InChI is InChI=1S/C23H22ClN3O5/c1-14-6-9-17(10-7-14)26-21(28)13-20(23(26)30)25(16-4-2-3-5-16)22(29)15-8-11-18(24)19(12-15)27(31)32/h6-12,16,20H,2-5,13H2,1H3. The number of nitrogens with zero attached hydrogens (tertiary/aromatic N) is 3. The largest absolute Gasteiger partial charge is 0.323 e. The highest BCUT2D eigenvalue weighted by molar-refractivity contribution is 6.32. The molecule has 1 heterocycles. The molecule has 0 bridgehead atoms. The maximum Gasteiger partial charge on any atom is 0.288 e. The molecule has 32 heavy (non-hydrogen) atoms. The van der Waals surface area contributed by atoms with E-state index < -0.39 is 22.8 Å². The van der Waals surface area contributed by atoms with Crippen LogP contribution in [0.25, 0.3) is 0 Å². The summed E-state index contributed by atoms with van der Waals surface area (Å²) in [4.78, 5) is 52.9. The second kappa shape index (κ2) is 8.70. The molecular formula is C23H22ClN3O5. The van der Waals surface area contributed by atoms with Crippen molar-refractivity contribution >= 4 is 40.7 Å². The molecule has 166 valence electrons. The molecule has 1 unspecified atom stereocenters. The number of hydrogen-bond acceptors (Lipinski definition) is 5. The van der Waals surface area contributed by atoms with Crippen LogP contribution in [-0.2, 0) is 9.59 Å². The Balaban J connectivity index is 1.70. The monoisotopic (exact) mass is 455 g/mol. The van der Waals surface area contributed by atoms with E-state index in [1.807, 2.05) is 19.1 Å². The lowest BCUT2D eigenvalue weighted by Gasteiger charge is -2.33. The fraction of sp³-hybridized carbons (Fsp3) is 0.348. The van der Waals surface area contributed by atoms with E-state index >= 15 is 0 Å². The Labute approximate surface area is 189 Å². The van der Waals surface area contributed by atoms with E-state index in [0.717, 1.165) is 29.4 Å². The summed E-state index contributed by atoms with van der Waals surface area (Å²) < 4.78 is 0. The van der Waals surface area contributed by atoms with Crippen molar-refractivity contribution in [3.8, 4) is 0 Å². The number of carbonyl (C=O) groups is 3. The van der Waals surface area contributed by atoms with E-state index in [0.29, 0.717) is 18.5 Å². The molecule has 1 atom stereocenters.